The van der Waals surface area contributed by atoms with Crippen LogP contribution in [0.2, 0.25) is 0 Å². The smallest absolute Gasteiger partial charge is 0.319 e. The van der Waals surface area contributed by atoms with Crippen LogP contribution < -0.4 is 26.4 Å². The van der Waals surface area contributed by atoms with Gasteiger partial charge in [0, 0.05) is 36.4 Å². The first kappa shape index (κ1) is 19.7. The van der Waals surface area contributed by atoms with Crippen molar-refractivity contribution >= 4 is 23.3 Å². The third-order valence-electron chi connectivity index (χ3n) is 3.54. The number of rotatable bonds is 9. The zero-order valence-electron chi connectivity index (χ0n) is 14.8. The Labute approximate surface area is 158 Å². The van der Waals surface area contributed by atoms with Crippen LogP contribution in [0.3, 0.4) is 0 Å². The molecule has 0 saturated carbocycles. The van der Waals surface area contributed by atoms with Gasteiger partial charge in [-0.15, -0.1) is 6.42 Å². The van der Waals surface area contributed by atoms with Crippen molar-refractivity contribution in [3.63, 3.8) is 0 Å². The van der Waals surface area contributed by atoms with Gasteiger partial charge in [0.05, 0.1) is 0 Å². The Morgan fingerprint density at radius 3 is 2.67 bits per heavy atom. The molecular weight excluding hydrogens is 344 g/mol. The minimum absolute atomic E-state index is 0.0934. The summed E-state index contributed by atoms with van der Waals surface area (Å²) < 4.78 is 5.53. The molecule has 0 aliphatic heterocycles. The number of hydrogen-bond donors (Lipinski definition) is 4. The number of carbonyl (C=O) groups is 2. The molecule has 0 aliphatic rings. The van der Waals surface area contributed by atoms with Crippen molar-refractivity contribution in [1.82, 2.24) is 5.32 Å². The zero-order chi connectivity index (χ0) is 19.5. The van der Waals surface area contributed by atoms with E-state index in [-0.39, 0.29) is 19.6 Å². The Bertz CT molecular complexity index is 830. The van der Waals surface area contributed by atoms with Gasteiger partial charge in [-0.3, -0.25) is 4.79 Å². The Balaban J connectivity index is 1.91. The van der Waals surface area contributed by atoms with E-state index in [4.69, 9.17) is 16.9 Å². The zero-order valence-corrected chi connectivity index (χ0v) is 14.8. The van der Waals surface area contributed by atoms with Crippen LogP contribution in [0.4, 0.5) is 16.2 Å². The van der Waals surface area contributed by atoms with Crippen molar-refractivity contribution < 1.29 is 14.3 Å². The number of hydrogen-bond acceptors (Lipinski definition) is 4. The van der Waals surface area contributed by atoms with Crippen LogP contribution in [-0.4, -0.2) is 25.1 Å². The van der Waals surface area contributed by atoms with Crippen molar-refractivity contribution in [3.05, 3.63) is 54.1 Å². The second-order valence-corrected chi connectivity index (χ2v) is 5.63. The molecule has 7 nitrogen and oxygen atoms in total. The summed E-state index contributed by atoms with van der Waals surface area (Å²) >= 11 is 0. The number of urea groups is 1. The SMILES string of the molecule is C#CCOc1ccccc1CNc1cccc(NC(=O)NCCC(N)=O)c1. The molecule has 5 N–H and O–H groups in total. The van der Waals surface area contributed by atoms with E-state index in [2.05, 4.69) is 21.9 Å². The molecule has 0 heterocycles. The number of benzene rings is 2. The molecule has 3 amide bonds. The number of nitrogens with one attached hydrogen (secondary N) is 3. The lowest BCUT2D eigenvalue weighted by molar-refractivity contribution is -0.117. The van der Waals surface area contributed by atoms with Crippen molar-refractivity contribution in [1.29, 1.82) is 0 Å². The van der Waals surface area contributed by atoms with Gasteiger partial charge < -0.3 is 26.4 Å². The first-order valence-corrected chi connectivity index (χ1v) is 8.39. The molecule has 0 fully saturated rings. The van der Waals surface area contributed by atoms with Crippen molar-refractivity contribution in [2.45, 2.75) is 13.0 Å². The second-order valence-electron chi connectivity index (χ2n) is 5.63. The van der Waals surface area contributed by atoms with E-state index < -0.39 is 11.9 Å². The Morgan fingerprint density at radius 1 is 1.11 bits per heavy atom. The number of ether oxygens (including phenoxy) is 1. The van der Waals surface area contributed by atoms with Crippen LogP contribution in [0.15, 0.2) is 48.5 Å². The average molecular weight is 366 g/mol. The molecule has 0 radical (unpaired) electrons. The lowest BCUT2D eigenvalue weighted by atomic mass is 10.2. The molecule has 0 spiro atoms. The standard InChI is InChI=1S/C20H22N4O3/c1-2-12-27-18-9-4-3-6-15(18)14-23-16-7-5-8-17(13-16)24-20(26)22-11-10-19(21)25/h1,3-9,13,23H,10-12,14H2,(H2,21,25)(H2,22,24,26). The fourth-order valence-corrected chi connectivity index (χ4v) is 2.29. The number of carbonyl (C=O) groups excluding carboxylic acids is 2. The molecule has 7 heteroatoms. The van der Waals surface area contributed by atoms with Crippen molar-refractivity contribution in [2.24, 2.45) is 5.73 Å². The van der Waals surface area contributed by atoms with Gasteiger partial charge in [0.15, 0.2) is 0 Å². The van der Waals surface area contributed by atoms with Gasteiger partial charge in [0.25, 0.3) is 0 Å². The van der Waals surface area contributed by atoms with E-state index in [9.17, 15) is 9.59 Å². The number of primary amides is 1. The summed E-state index contributed by atoms with van der Waals surface area (Å²) in [5.74, 6) is 2.71. The Kier molecular flexibility index (Phi) is 7.54. The van der Waals surface area contributed by atoms with Gasteiger partial charge in [-0.1, -0.05) is 30.2 Å². The van der Waals surface area contributed by atoms with E-state index in [1.807, 2.05) is 36.4 Å². The van der Waals surface area contributed by atoms with Crippen LogP contribution in [0, 0.1) is 12.3 Å². The highest BCUT2D eigenvalue weighted by Gasteiger charge is 2.05. The van der Waals surface area contributed by atoms with Gasteiger partial charge in [0.1, 0.15) is 12.4 Å². The molecule has 0 bridgehead atoms. The summed E-state index contributed by atoms with van der Waals surface area (Å²) in [6.07, 6.45) is 5.33. The van der Waals surface area contributed by atoms with E-state index in [1.54, 1.807) is 12.1 Å². The molecule has 140 valence electrons. The van der Waals surface area contributed by atoms with Crippen LogP contribution in [-0.2, 0) is 11.3 Å². The third kappa shape index (κ3) is 7.00. The predicted molar refractivity (Wildman–Crippen MR) is 105 cm³/mol. The fraction of sp³-hybridized carbons (Fsp3) is 0.200. The second kappa shape index (κ2) is 10.4. The first-order chi connectivity index (χ1) is 13.1. The first-order valence-electron chi connectivity index (χ1n) is 8.39. The molecule has 27 heavy (non-hydrogen) atoms. The van der Waals surface area contributed by atoms with Gasteiger partial charge in [0.2, 0.25) is 5.91 Å². The predicted octanol–water partition coefficient (Wildman–Crippen LogP) is 2.31. The summed E-state index contributed by atoms with van der Waals surface area (Å²) in [5, 5.41) is 8.55. The number of anilines is 2. The number of amides is 3. The van der Waals surface area contributed by atoms with E-state index >= 15 is 0 Å². The number of terminal acetylenes is 1. The van der Waals surface area contributed by atoms with E-state index in [1.165, 1.54) is 0 Å². The van der Waals surface area contributed by atoms with Crippen LogP contribution >= 0.6 is 0 Å². The van der Waals surface area contributed by atoms with Crippen LogP contribution in [0.5, 0.6) is 5.75 Å². The molecule has 2 rings (SSSR count). The molecule has 2 aromatic rings. The number of nitrogens with two attached hydrogens (primary N) is 1. The van der Waals surface area contributed by atoms with Crippen LogP contribution in [0.25, 0.3) is 0 Å². The molecule has 0 unspecified atom stereocenters. The summed E-state index contributed by atoms with van der Waals surface area (Å²) in [7, 11) is 0. The van der Waals surface area contributed by atoms with Crippen molar-refractivity contribution in [3.8, 4) is 18.1 Å². The van der Waals surface area contributed by atoms with Gasteiger partial charge >= 0.3 is 6.03 Å². The highest BCUT2D eigenvalue weighted by molar-refractivity contribution is 5.90. The minimum atomic E-state index is -0.465. The average Bonchev–Trinajstić information content (AvgIpc) is 2.65. The normalized spacial score (nSPS) is 9.74. The maximum absolute atomic E-state index is 11.8. The largest absolute Gasteiger partial charge is 0.481 e. The van der Waals surface area contributed by atoms with E-state index in [0.717, 1.165) is 17.0 Å². The molecular formula is C20H22N4O3. The Morgan fingerprint density at radius 2 is 1.89 bits per heavy atom. The molecule has 0 atom stereocenters. The summed E-state index contributed by atoms with van der Waals surface area (Å²) in [6, 6.07) is 14.5. The topological polar surface area (TPSA) is 105 Å². The lowest BCUT2D eigenvalue weighted by Gasteiger charge is -2.13. The fourth-order valence-electron chi connectivity index (χ4n) is 2.29. The maximum Gasteiger partial charge on any atom is 0.319 e. The Hall–Kier alpha value is -3.66. The third-order valence-corrected chi connectivity index (χ3v) is 3.54. The summed E-state index contributed by atoms with van der Waals surface area (Å²) in [4.78, 5) is 22.5. The quantitative estimate of drug-likeness (QED) is 0.511. The van der Waals surface area contributed by atoms with Gasteiger partial charge in [-0.05, 0) is 24.3 Å². The van der Waals surface area contributed by atoms with Gasteiger partial charge in [-0.2, -0.15) is 0 Å². The van der Waals surface area contributed by atoms with E-state index in [0.29, 0.717) is 12.2 Å². The van der Waals surface area contributed by atoms with Crippen LogP contribution in [0.1, 0.15) is 12.0 Å². The maximum atomic E-state index is 11.8. The summed E-state index contributed by atoms with van der Waals surface area (Å²) in [6.45, 7) is 0.934. The monoisotopic (exact) mass is 366 g/mol. The lowest BCUT2D eigenvalue weighted by Crippen LogP contribution is -2.31. The highest BCUT2D eigenvalue weighted by atomic mass is 16.5. The molecule has 2 aromatic carbocycles. The minimum Gasteiger partial charge on any atom is -0.481 e. The van der Waals surface area contributed by atoms with Gasteiger partial charge in [-0.25, -0.2) is 4.79 Å². The number of para-hydroxylation sites is 1. The molecule has 0 saturated heterocycles. The highest BCUT2D eigenvalue weighted by Crippen LogP contribution is 2.21. The summed E-state index contributed by atoms with van der Waals surface area (Å²) in [5.41, 5.74) is 7.45. The molecule has 0 aromatic heterocycles. The molecule has 0 aliphatic carbocycles. The van der Waals surface area contributed by atoms with Crippen molar-refractivity contribution in [2.75, 3.05) is 23.8 Å².